The second kappa shape index (κ2) is 8.11. The van der Waals surface area contributed by atoms with Crippen molar-refractivity contribution >= 4 is 28.5 Å². The average molecular weight is 504 g/mol. The van der Waals surface area contributed by atoms with E-state index in [9.17, 15) is 14.7 Å². The van der Waals surface area contributed by atoms with Crippen LogP contribution in [0.2, 0.25) is 0 Å². The van der Waals surface area contributed by atoms with Crippen molar-refractivity contribution in [2.24, 2.45) is 7.05 Å². The van der Waals surface area contributed by atoms with Gasteiger partial charge in [0.15, 0.2) is 22.8 Å². The quantitative estimate of drug-likeness (QED) is 0.336. The van der Waals surface area contributed by atoms with E-state index < -0.39 is 16.8 Å². The maximum absolute atomic E-state index is 13.9. The summed E-state index contributed by atoms with van der Waals surface area (Å²) in [7, 11) is 1.59. The first-order valence-corrected chi connectivity index (χ1v) is 11.8. The van der Waals surface area contributed by atoms with Gasteiger partial charge in [-0.2, -0.15) is 9.50 Å². The van der Waals surface area contributed by atoms with Crippen molar-refractivity contribution < 1.29 is 19.1 Å². The molecule has 1 aliphatic heterocycles. The van der Waals surface area contributed by atoms with Crippen LogP contribution in [0.15, 0.2) is 57.9 Å². The molecule has 4 aromatic heterocycles. The highest BCUT2D eigenvalue weighted by Crippen LogP contribution is 2.34. The first kappa shape index (κ1) is 23.1. The Labute approximate surface area is 209 Å². The molecule has 0 aliphatic carbocycles. The molecule has 1 atom stereocenters. The number of aryl methyl sites for hydroxylation is 1. The number of furan rings is 1. The van der Waals surface area contributed by atoms with Crippen LogP contribution in [-0.2, 0) is 22.1 Å². The molecule has 0 amide bonds. The fourth-order valence-corrected chi connectivity index (χ4v) is 4.89. The number of hydrogen-bond donors (Lipinski definition) is 2. The normalized spacial score (nSPS) is 16.6. The van der Waals surface area contributed by atoms with E-state index in [1.165, 1.54) is 19.9 Å². The molecule has 1 aliphatic rings. The summed E-state index contributed by atoms with van der Waals surface area (Å²) < 4.78 is 14.6. The summed E-state index contributed by atoms with van der Waals surface area (Å²) in [4.78, 5) is 36.9. The minimum absolute atomic E-state index is 0.00375. The summed E-state index contributed by atoms with van der Waals surface area (Å²) in [5, 5.41) is 14.9. The molecule has 37 heavy (non-hydrogen) atoms. The topological polar surface area (TPSA) is 156 Å². The lowest BCUT2D eigenvalue weighted by molar-refractivity contribution is -0.182. The Morgan fingerprint density at radius 2 is 1.92 bits per heavy atom. The SMILES string of the molecule is Cn1c(=O)n(C(C)(C(=O)CCC2(O)COC2)c2ccccc2)c2nc(N)n3nc(-c4ccco4)nc3c21. The second-order valence-corrected chi connectivity index (χ2v) is 9.55. The van der Waals surface area contributed by atoms with Crippen LogP contribution in [-0.4, -0.2) is 58.4 Å². The van der Waals surface area contributed by atoms with Gasteiger partial charge in [-0.25, -0.2) is 9.78 Å². The van der Waals surface area contributed by atoms with Gasteiger partial charge < -0.3 is 20.0 Å². The molecule has 190 valence electrons. The van der Waals surface area contributed by atoms with Gasteiger partial charge in [0.25, 0.3) is 0 Å². The van der Waals surface area contributed by atoms with Gasteiger partial charge in [0.1, 0.15) is 16.7 Å². The predicted octanol–water partition coefficient (Wildman–Crippen LogP) is 1.49. The lowest BCUT2D eigenvalue weighted by Gasteiger charge is -2.37. The summed E-state index contributed by atoms with van der Waals surface area (Å²) in [5.41, 5.74) is 4.78. The van der Waals surface area contributed by atoms with Gasteiger partial charge in [-0.15, -0.1) is 5.10 Å². The minimum atomic E-state index is -1.44. The van der Waals surface area contributed by atoms with Gasteiger partial charge in [-0.05, 0) is 31.0 Å². The largest absolute Gasteiger partial charge is 0.461 e. The average Bonchev–Trinajstić information content (AvgIpc) is 3.61. The Morgan fingerprint density at radius 3 is 2.57 bits per heavy atom. The van der Waals surface area contributed by atoms with Crippen LogP contribution in [0.4, 0.5) is 5.95 Å². The molecule has 1 fully saturated rings. The van der Waals surface area contributed by atoms with Crippen molar-refractivity contribution in [2.45, 2.75) is 30.9 Å². The van der Waals surface area contributed by atoms with Crippen molar-refractivity contribution in [3.8, 4) is 11.6 Å². The van der Waals surface area contributed by atoms with Crippen LogP contribution in [0.25, 0.3) is 28.4 Å². The number of benzene rings is 1. The zero-order valence-electron chi connectivity index (χ0n) is 20.3. The third-order valence-corrected chi connectivity index (χ3v) is 7.12. The monoisotopic (exact) mass is 503 g/mol. The van der Waals surface area contributed by atoms with Gasteiger partial charge in [-0.3, -0.25) is 13.9 Å². The van der Waals surface area contributed by atoms with E-state index in [-0.39, 0.29) is 49.3 Å². The summed E-state index contributed by atoms with van der Waals surface area (Å²) in [5.74, 6) is 0.453. The second-order valence-electron chi connectivity index (χ2n) is 9.55. The maximum Gasteiger partial charge on any atom is 0.331 e. The number of aromatic nitrogens is 6. The van der Waals surface area contributed by atoms with Gasteiger partial charge in [-0.1, -0.05) is 30.3 Å². The van der Waals surface area contributed by atoms with E-state index in [2.05, 4.69) is 15.1 Å². The van der Waals surface area contributed by atoms with Crippen LogP contribution in [0.1, 0.15) is 25.3 Å². The summed E-state index contributed by atoms with van der Waals surface area (Å²) >= 11 is 0. The van der Waals surface area contributed by atoms with Crippen LogP contribution in [0.5, 0.6) is 0 Å². The van der Waals surface area contributed by atoms with Crippen LogP contribution in [0, 0.1) is 0 Å². The summed E-state index contributed by atoms with van der Waals surface area (Å²) in [6.07, 6.45) is 1.75. The molecule has 1 aromatic carbocycles. The molecular formula is C25H25N7O5. The van der Waals surface area contributed by atoms with E-state index in [0.717, 1.165) is 0 Å². The first-order chi connectivity index (χ1) is 17.7. The van der Waals surface area contributed by atoms with Gasteiger partial charge in [0, 0.05) is 13.5 Å². The van der Waals surface area contributed by atoms with E-state index in [1.54, 1.807) is 50.4 Å². The number of carbonyl (C=O) groups is 1. The molecule has 1 saturated heterocycles. The van der Waals surface area contributed by atoms with Crippen LogP contribution < -0.4 is 11.4 Å². The lowest BCUT2D eigenvalue weighted by Crippen LogP contribution is -2.51. The number of nitrogen functional groups attached to an aromatic ring is 1. The Hall–Kier alpha value is -4.29. The number of ketones is 1. The summed E-state index contributed by atoms with van der Waals surface area (Å²) in [6.45, 7) is 2.04. The van der Waals surface area contributed by atoms with Gasteiger partial charge in [0.05, 0.1) is 19.5 Å². The molecule has 12 heteroatoms. The number of Topliss-reactive ketones (excluding diaryl/α,β-unsaturated/α-hetero) is 1. The molecule has 6 rings (SSSR count). The number of nitrogens with zero attached hydrogens (tertiary/aromatic N) is 6. The molecule has 0 bridgehead atoms. The Morgan fingerprint density at radius 1 is 1.16 bits per heavy atom. The molecular weight excluding hydrogens is 478 g/mol. The molecule has 0 spiro atoms. The van der Waals surface area contributed by atoms with Crippen molar-refractivity contribution in [1.29, 1.82) is 0 Å². The van der Waals surface area contributed by atoms with Crippen molar-refractivity contribution in [3.05, 3.63) is 64.8 Å². The van der Waals surface area contributed by atoms with E-state index >= 15 is 0 Å². The van der Waals surface area contributed by atoms with Crippen molar-refractivity contribution in [1.82, 2.24) is 28.7 Å². The predicted molar refractivity (Wildman–Crippen MR) is 133 cm³/mol. The molecule has 3 N–H and O–H groups in total. The van der Waals surface area contributed by atoms with E-state index in [0.29, 0.717) is 22.5 Å². The highest BCUT2D eigenvalue weighted by atomic mass is 16.5. The zero-order valence-corrected chi connectivity index (χ0v) is 20.3. The maximum atomic E-state index is 13.9. The summed E-state index contributed by atoms with van der Waals surface area (Å²) in [6, 6.07) is 12.5. The Kier molecular flexibility index (Phi) is 5.07. The molecule has 1 unspecified atom stereocenters. The standard InChI is InChI=1S/C25H25N7O5/c1-24(15-7-4-3-5-8-15,17(33)10-11-25(35)13-36-14-25)31-20-18(30(2)23(31)34)21-27-19(16-9-6-12-37-16)29-32(21)22(26)28-20/h3-9,12,35H,10-11,13-14H2,1-2H3,(H2,26,28). The fourth-order valence-electron chi connectivity index (χ4n) is 4.89. The van der Waals surface area contributed by atoms with E-state index in [1.807, 2.05) is 6.07 Å². The first-order valence-electron chi connectivity index (χ1n) is 11.8. The lowest BCUT2D eigenvalue weighted by atomic mass is 9.82. The molecule has 5 heterocycles. The number of imidazole rings is 1. The number of hydrogen-bond acceptors (Lipinski definition) is 9. The molecule has 0 saturated carbocycles. The van der Waals surface area contributed by atoms with Crippen molar-refractivity contribution in [3.63, 3.8) is 0 Å². The Balaban J connectivity index is 1.58. The number of anilines is 1. The fraction of sp³-hybridized carbons (Fsp3) is 0.320. The molecule has 5 aromatic rings. The van der Waals surface area contributed by atoms with Gasteiger partial charge >= 0.3 is 5.69 Å². The number of aliphatic hydroxyl groups is 1. The third-order valence-electron chi connectivity index (χ3n) is 7.12. The minimum Gasteiger partial charge on any atom is -0.461 e. The molecule has 0 radical (unpaired) electrons. The molecule has 12 nitrogen and oxygen atoms in total. The van der Waals surface area contributed by atoms with E-state index in [4.69, 9.17) is 14.9 Å². The third kappa shape index (κ3) is 3.40. The highest BCUT2D eigenvalue weighted by molar-refractivity contribution is 5.94. The van der Waals surface area contributed by atoms with Crippen molar-refractivity contribution in [2.75, 3.05) is 18.9 Å². The number of nitrogens with two attached hydrogens (primary N) is 1. The zero-order chi connectivity index (χ0) is 25.9. The number of carbonyl (C=O) groups excluding carboxylic acids is 1. The number of rotatable bonds is 7. The van der Waals surface area contributed by atoms with Gasteiger partial charge in [0.2, 0.25) is 11.8 Å². The highest BCUT2D eigenvalue weighted by Gasteiger charge is 2.43. The number of fused-ring (bicyclic) bond motifs is 3. The smallest absolute Gasteiger partial charge is 0.331 e. The Bertz CT molecular complexity index is 1700. The van der Waals surface area contributed by atoms with Crippen LogP contribution in [0.3, 0.4) is 0 Å². The number of ether oxygens (including phenoxy) is 1. The van der Waals surface area contributed by atoms with Crippen LogP contribution >= 0.6 is 0 Å².